The Kier molecular flexibility index (Phi) is 7.40. The van der Waals surface area contributed by atoms with E-state index in [4.69, 9.17) is 0 Å². The van der Waals surface area contributed by atoms with E-state index < -0.39 is 0 Å². The van der Waals surface area contributed by atoms with Crippen LogP contribution < -0.4 is 34.7 Å². The molecule has 0 aromatic rings. The van der Waals surface area contributed by atoms with Gasteiger partial charge < -0.3 is 5.11 Å². The van der Waals surface area contributed by atoms with Crippen molar-refractivity contribution in [3.05, 3.63) is 11.8 Å². The molecule has 0 amide bonds. The first-order valence-electron chi connectivity index (χ1n) is 1.99. The van der Waals surface area contributed by atoms with Gasteiger partial charge in [0.15, 0.2) is 5.78 Å². The number of carbonyl (C=O) groups excluding carboxylic acids is 1. The van der Waals surface area contributed by atoms with Crippen LogP contribution in [0.1, 0.15) is 13.8 Å². The van der Waals surface area contributed by atoms with Crippen molar-refractivity contribution in [3.8, 4) is 0 Å². The molecule has 40 valence electrons. The van der Waals surface area contributed by atoms with Crippen molar-refractivity contribution in [1.82, 2.24) is 0 Å². The molecular formula is C5H7NaO2. The summed E-state index contributed by atoms with van der Waals surface area (Å²) in [6, 6.07) is 0. The summed E-state index contributed by atoms with van der Waals surface area (Å²) in [6.45, 7) is 2.70. The summed E-state index contributed by atoms with van der Waals surface area (Å²) < 4.78 is 0. The van der Waals surface area contributed by atoms with E-state index in [0.29, 0.717) is 0 Å². The van der Waals surface area contributed by atoms with E-state index in [9.17, 15) is 9.90 Å². The standard InChI is InChI=1S/C5H8O2.Na/c1-4(6)3-5(2)7;/h3,6H,1-2H3;/q;+1/p-1/b4-3+;. The third-order valence-electron chi connectivity index (χ3n) is 0.407. The van der Waals surface area contributed by atoms with Crippen molar-refractivity contribution >= 4 is 5.78 Å². The van der Waals surface area contributed by atoms with Crippen molar-refractivity contribution in [2.45, 2.75) is 13.8 Å². The molecule has 0 heterocycles. The number of hydrogen-bond donors (Lipinski definition) is 0. The van der Waals surface area contributed by atoms with E-state index in [1.54, 1.807) is 0 Å². The normalized spacial score (nSPS) is 10.0. The van der Waals surface area contributed by atoms with E-state index in [-0.39, 0.29) is 41.1 Å². The molecule has 0 rings (SSSR count). The van der Waals surface area contributed by atoms with Gasteiger partial charge in [-0.2, -0.15) is 0 Å². The fourth-order valence-corrected chi connectivity index (χ4v) is 0.286. The molecule has 2 nitrogen and oxygen atoms in total. The van der Waals surface area contributed by atoms with Gasteiger partial charge in [0.1, 0.15) is 0 Å². The molecule has 8 heavy (non-hydrogen) atoms. The van der Waals surface area contributed by atoms with Crippen LogP contribution in [0, 0.1) is 0 Å². The van der Waals surface area contributed by atoms with Gasteiger partial charge in [-0.15, -0.1) is 5.76 Å². The van der Waals surface area contributed by atoms with Crippen molar-refractivity contribution < 1.29 is 39.5 Å². The molecule has 0 saturated carbocycles. The van der Waals surface area contributed by atoms with E-state index in [1.807, 2.05) is 0 Å². The molecule has 0 aliphatic carbocycles. The Labute approximate surface area is 70.9 Å². The Hall–Kier alpha value is 0.210. The van der Waals surface area contributed by atoms with Crippen molar-refractivity contribution in [3.63, 3.8) is 0 Å². The molecule has 0 aliphatic heterocycles. The molecule has 0 N–H and O–H groups in total. The second-order valence-electron chi connectivity index (χ2n) is 1.37. The minimum atomic E-state index is -0.187. The SMILES string of the molecule is CC(=O)/C=C(\C)[O-].[Na+]. The molecule has 0 bridgehead atoms. The zero-order valence-corrected chi connectivity index (χ0v) is 7.39. The van der Waals surface area contributed by atoms with Crippen LogP contribution in [0.4, 0.5) is 0 Å². The summed E-state index contributed by atoms with van der Waals surface area (Å²) in [5.74, 6) is -0.375. The minimum Gasteiger partial charge on any atom is -0.876 e. The largest absolute Gasteiger partial charge is 1.00 e. The molecule has 0 aliphatic rings. The predicted molar refractivity (Wildman–Crippen MR) is 24.4 cm³/mol. The zero-order valence-electron chi connectivity index (χ0n) is 5.39. The number of ketones is 1. The third-order valence-corrected chi connectivity index (χ3v) is 0.407. The average molecular weight is 122 g/mol. The first-order chi connectivity index (χ1) is 3.13. The van der Waals surface area contributed by atoms with Crippen LogP contribution in [0.3, 0.4) is 0 Å². The Morgan fingerprint density at radius 2 is 1.88 bits per heavy atom. The Bertz CT molecular complexity index is 103. The van der Waals surface area contributed by atoms with Crippen LogP contribution >= 0.6 is 0 Å². The first-order valence-corrected chi connectivity index (χ1v) is 1.99. The van der Waals surface area contributed by atoms with Gasteiger partial charge in [-0.3, -0.25) is 4.79 Å². The van der Waals surface area contributed by atoms with Crippen LogP contribution in [-0.4, -0.2) is 5.78 Å². The molecule has 0 radical (unpaired) electrons. The van der Waals surface area contributed by atoms with Gasteiger partial charge in [-0.25, -0.2) is 0 Å². The zero-order chi connectivity index (χ0) is 5.86. The smallest absolute Gasteiger partial charge is 0.876 e. The topological polar surface area (TPSA) is 40.1 Å². The maximum atomic E-state index is 9.98. The fourth-order valence-electron chi connectivity index (χ4n) is 0.286. The number of allylic oxidation sites excluding steroid dienone is 2. The average Bonchev–Trinajstić information content (AvgIpc) is 1.27. The predicted octanol–water partition coefficient (Wildman–Crippen LogP) is -3.16. The van der Waals surface area contributed by atoms with E-state index in [0.717, 1.165) is 6.08 Å². The van der Waals surface area contributed by atoms with Crippen LogP contribution in [0.2, 0.25) is 0 Å². The minimum absolute atomic E-state index is 0. The maximum absolute atomic E-state index is 9.98. The van der Waals surface area contributed by atoms with Crippen LogP contribution in [0.5, 0.6) is 0 Å². The van der Waals surface area contributed by atoms with E-state index in [2.05, 4.69) is 0 Å². The van der Waals surface area contributed by atoms with Crippen LogP contribution in [0.25, 0.3) is 0 Å². The Balaban J connectivity index is 0. The quantitative estimate of drug-likeness (QED) is 0.209. The second kappa shape index (κ2) is 5.35. The van der Waals surface area contributed by atoms with Crippen molar-refractivity contribution in [2.24, 2.45) is 0 Å². The van der Waals surface area contributed by atoms with Gasteiger partial charge in [0, 0.05) is 0 Å². The maximum Gasteiger partial charge on any atom is 1.00 e. The molecule has 0 unspecified atom stereocenters. The molecule has 0 atom stereocenters. The van der Waals surface area contributed by atoms with Gasteiger partial charge in [-0.1, -0.05) is 6.92 Å². The van der Waals surface area contributed by atoms with Crippen molar-refractivity contribution in [1.29, 1.82) is 0 Å². The summed E-state index contributed by atoms with van der Waals surface area (Å²) in [5.41, 5.74) is 0. The van der Waals surface area contributed by atoms with Gasteiger partial charge in [0.2, 0.25) is 0 Å². The first kappa shape index (κ1) is 11.1. The molecule has 0 saturated heterocycles. The number of rotatable bonds is 1. The number of hydrogen-bond acceptors (Lipinski definition) is 2. The Morgan fingerprint density at radius 3 is 1.88 bits per heavy atom. The molecule has 0 spiro atoms. The van der Waals surface area contributed by atoms with E-state index >= 15 is 0 Å². The molecule has 3 heteroatoms. The monoisotopic (exact) mass is 122 g/mol. The van der Waals surface area contributed by atoms with Gasteiger partial charge >= 0.3 is 29.6 Å². The molecular weight excluding hydrogens is 115 g/mol. The van der Waals surface area contributed by atoms with E-state index in [1.165, 1.54) is 13.8 Å². The summed E-state index contributed by atoms with van der Waals surface area (Å²) in [7, 11) is 0. The second-order valence-corrected chi connectivity index (χ2v) is 1.37. The molecule has 0 fully saturated rings. The van der Waals surface area contributed by atoms with Gasteiger partial charge in [0.25, 0.3) is 0 Å². The summed E-state index contributed by atoms with van der Waals surface area (Å²) >= 11 is 0. The molecule has 0 aromatic carbocycles. The van der Waals surface area contributed by atoms with Gasteiger partial charge in [0.05, 0.1) is 0 Å². The van der Waals surface area contributed by atoms with Gasteiger partial charge in [-0.05, 0) is 13.0 Å². The number of carbonyl (C=O) groups is 1. The molecule has 0 aromatic heterocycles. The third kappa shape index (κ3) is 9.51. The fraction of sp³-hybridized carbons (Fsp3) is 0.400. The van der Waals surface area contributed by atoms with Crippen LogP contribution in [0.15, 0.2) is 11.8 Å². The summed E-state index contributed by atoms with van der Waals surface area (Å²) in [5, 5.41) is 9.98. The van der Waals surface area contributed by atoms with Crippen LogP contribution in [-0.2, 0) is 4.79 Å². The summed E-state index contributed by atoms with van der Waals surface area (Å²) in [4.78, 5) is 9.98. The van der Waals surface area contributed by atoms with Crippen molar-refractivity contribution in [2.75, 3.05) is 0 Å². The Morgan fingerprint density at radius 1 is 1.50 bits per heavy atom. The summed E-state index contributed by atoms with van der Waals surface area (Å²) in [6.07, 6.45) is 1.06.